The Bertz CT molecular complexity index is 840. The van der Waals surface area contributed by atoms with Gasteiger partial charge in [-0.05, 0) is 24.3 Å². The molecule has 1 saturated carbocycles. The van der Waals surface area contributed by atoms with Gasteiger partial charge in [-0.15, -0.1) is 0 Å². The maximum atomic E-state index is 12.4. The molecule has 1 atom stereocenters. The molecule has 2 aromatic carbocycles. The number of carbonyl (C=O) groups is 2. The summed E-state index contributed by atoms with van der Waals surface area (Å²) in [5.41, 5.74) is 0.772. The number of aliphatic imine (C=N–C) groups is 1. The fourth-order valence-corrected chi connectivity index (χ4v) is 3.71. The molecule has 2 aliphatic rings. The van der Waals surface area contributed by atoms with Crippen LogP contribution in [0.1, 0.15) is 19.3 Å². The molecule has 2 N–H and O–H groups in total. The number of nitrogens with zero attached hydrogens (tertiary/aromatic N) is 1. The first-order valence-corrected chi connectivity index (χ1v) is 8.90. The first-order chi connectivity index (χ1) is 11.7. The molecule has 4 rings (SSSR count). The number of amidine groups is 1. The van der Waals surface area contributed by atoms with Crippen LogP contribution >= 0.6 is 11.8 Å². The number of nitrogens with one attached hydrogen (secondary N) is 2. The number of thioether (sulfide) groups is 1. The van der Waals surface area contributed by atoms with Crippen LogP contribution in [0, 0.1) is 0 Å². The van der Waals surface area contributed by atoms with Crippen LogP contribution in [-0.4, -0.2) is 28.3 Å². The summed E-state index contributed by atoms with van der Waals surface area (Å²) in [4.78, 5) is 28.8. The van der Waals surface area contributed by atoms with Crippen LogP contribution in [0.4, 0.5) is 5.69 Å². The van der Waals surface area contributed by atoms with Crippen molar-refractivity contribution in [3.8, 4) is 0 Å². The fraction of sp³-hybridized carbons (Fsp3) is 0.278. The van der Waals surface area contributed by atoms with Gasteiger partial charge in [0.15, 0.2) is 5.17 Å². The van der Waals surface area contributed by atoms with Crippen molar-refractivity contribution < 1.29 is 9.59 Å². The van der Waals surface area contributed by atoms with E-state index in [4.69, 9.17) is 0 Å². The average Bonchev–Trinajstić information content (AvgIpc) is 3.32. The Kier molecular flexibility index (Phi) is 3.98. The van der Waals surface area contributed by atoms with E-state index in [1.807, 2.05) is 42.5 Å². The molecule has 2 amide bonds. The van der Waals surface area contributed by atoms with E-state index in [0.29, 0.717) is 11.2 Å². The minimum absolute atomic E-state index is 0.132. The summed E-state index contributed by atoms with van der Waals surface area (Å²) in [6.07, 6.45) is 2.32. The predicted molar refractivity (Wildman–Crippen MR) is 97.2 cm³/mol. The third-order valence-electron chi connectivity index (χ3n) is 4.06. The standard InChI is InChI=1S/C18H17N3O2S/c22-16(10-15-17(23)21-18(24-15)19-12-8-9-12)20-14-7-3-5-11-4-1-2-6-13(11)14/h1-7,12,15H,8-10H2,(H,20,22)(H,19,21,23)/t15-/m0/s1. The number of anilines is 1. The third kappa shape index (κ3) is 3.28. The summed E-state index contributed by atoms with van der Waals surface area (Å²) in [6.45, 7) is 0. The lowest BCUT2D eigenvalue weighted by atomic mass is 10.1. The lowest BCUT2D eigenvalue weighted by Crippen LogP contribution is -2.28. The van der Waals surface area contributed by atoms with E-state index in [2.05, 4.69) is 15.6 Å². The summed E-state index contributed by atoms with van der Waals surface area (Å²) in [5.74, 6) is -0.292. The van der Waals surface area contributed by atoms with Gasteiger partial charge in [0.2, 0.25) is 11.8 Å². The van der Waals surface area contributed by atoms with Crippen LogP contribution in [0.5, 0.6) is 0 Å². The van der Waals surface area contributed by atoms with Crippen molar-refractivity contribution in [1.82, 2.24) is 5.32 Å². The monoisotopic (exact) mass is 339 g/mol. The summed E-state index contributed by atoms with van der Waals surface area (Å²) >= 11 is 1.36. The molecule has 1 heterocycles. The molecule has 0 spiro atoms. The predicted octanol–water partition coefficient (Wildman–Crippen LogP) is 2.92. The Morgan fingerprint density at radius 3 is 2.83 bits per heavy atom. The molecular weight excluding hydrogens is 322 g/mol. The minimum atomic E-state index is -0.405. The number of hydrogen-bond donors (Lipinski definition) is 2. The van der Waals surface area contributed by atoms with E-state index in [0.717, 1.165) is 29.3 Å². The highest BCUT2D eigenvalue weighted by Gasteiger charge is 2.33. The summed E-state index contributed by atoms with van der Waals surface area (Å²) in [6, 6.07) is 14.0. The van der Waals surface area contributed by atoms with Gasteiger partial charge in [0.05, 0.1) is 6.04 Å². The Morgan fingerprint density at radius 2 is 2.00 bits per heavy atom. The van der Waals surface area contributed by atoms with Crippen molar-refractivity contribution in [3.63, 3.8) is 0 Å². The van der Waals surface area contributed by atoms with Crippen LogP contribution in [0.15, 0.2) is 47.5 Å². The normalized spacial score (nSPS) is 21.9. The van der Waals surface area contributed by atoms with Crippen LogP contribution in [0.25, 0.3) is 10.8 Å². The largest absolute Gasteiger partial charge is 0.325 e. The Morgan fingerprint density at radius 1 is 1.21 bits per heavy atom. The first-order valence-electron chi connectivity index (χ1n) is 8.02. The molecular formula is C18H17N3O2S. The number of fused-ring (bicyclic) bond motifs is 1. The van der Waals surface area contributed by atoms with Gasteiger partial charge in [-0.2, -0.15) is 0 Å². The molecule has 0 aromatic heterocycles. The Balaban J connectivity index is 1.44. The topological polar surface area (TPSA) is 70.6 Å². The zero-order valence-corrected chi connectivity index (χ0v) is 13.8. The average molecular weight is 339 g/mol. The molecule has 24 heavy (non-hydrogen) atoms. The lowest BCUT2D eigenvalue weighted by molar-refractivity contribution is -0.122. The maximum absolute atomic E-state index is 12.4. The minimum Gasteiger partial charge on any atom is -0.325 e. The molecule has 1 aliphatic heterocycles. The number of amides is 2. The molecule has 2 fully saturated rings. The van der Waals surface area contributed by atoms with Crippen molar-refractivity contribution in [2.24, 2.45) is 4.99 Å². The van der Waals surface area contributed by atoms with E-state index in [-0.39, 0.29) is 18.2 Å². The smallest absolute Gasteiger partial charge is 0.240 e. The highest BCUT2D eigenvalue weighted by molar-refractivity contribution is 8.15. The number of carbonyl (C=O) groups excluding carboxylic acids is 2. The zero-order chi connectivity index (χ0) is 16.5. The van der Waals surface area contributed by atoms with Crippen molar-refractivity contribution in [3.05, 3.63) is 42.5 Å². The molecule has 1 aliphatic carbocycles. The van der Waals surface area contributed by atoms with E-state index in [1.54, 1.807) is 0 Å². The van der Waals surface area contributed by atoms with Crippen molar-refractivity contribution in [2.45, 2.75) is 30.6 Å². The van der Waals surface area contributed by atoms with E-state index in [1.165, 1.54) is 11.8 Å². The van der Waals surface area contributed by atoms with E-state index >= 15 is 0 Å². The van der Waals surface area contributed by atoms with Crippen LogP contribution in [0.2, 0.25) is 0 Å². The van der Waals surface area contributed by atoms with Gasteiger partial charge in [0, 0.05) is 17.5 Å². The Labute approximate surface area is 143 Å². The summed E-state index contributed by atoms with van der Waals surface area (Å²) in [7, 11) is 0. The SMILES string of the molecule is O=C(C[C@@H]1SC(=NC2CC2)NC1=O)Nc1cccc2ccccc12. The molecule has 0 bridgehead atoms. The van der Waals surface area contributed by atoms with Gasteiger partial charge < -0.3 is 10.6 Å². The van der Waals surface area contributed by atoms with Gasteiger partial charge in [-0.25, -0.2) is 0 Å². The third-order valence-corrected chi connectivity index (χ3v) is 5.15. The molecule has 2 aromatic rings. The molecule has 5 nitrogen and oxygen atoms in total. The highest BCUT2D eigenvalue weighted by Crippen LogP contribution is 2.29. The lowest BCUT2D eigenvalue weighted by Gasteiger charge is -2.10. The second-order valence-electron chi connectivity index (χ2n) is 6.04. The van der Waals surface area contributed by atoms with Crippen molar-refractivity contribution in [2.75, 3.05) is 5.32 Å². The van der Waals surface area contributed by atoms with Crippen LogP contribution in [-0.2, 0) is 9.59 Å². The number of benzene rings is 2. The van der Waals surface area contributed by atoms with Crippen LogP contribution in [0.3, 0.4) is 0 Å². The molecule has 122 valence electrons. The van der Waals surface area contributed by atoms with Gasteiger partial charge in [-0.1, -0.05) is 48.2 Å². The van der Waals surface area contributed by atoms with Gasteiger partial charge in [0.25, 0.3) is 0 Å². The molecule has 0 radical (unpaired) electrons. The van der Waals surface area contributed by atoms with Gasteiger partial charge in [-0.3, -0.25) is 14.6 Å². The first kappa shape index (κ1) is 15.2. The van der Waals surface area contributed by atoms with Crippen molar-refractivity contribution >= 4 is 45.2 Å². The molecule has 6 heteroatoms. The zero-order valence-electron chi connectivity index (χ0n) is 13.0. The fourth-order valence-electron chi connectivity index (χ4n) is 2.67. The molecule has 1 saturated heterocycles. The summed E-state index contributed by atoms with van der Waals surface area (Å²) < 4.78 is 0. The second-order valence-corrected chi connectivity index (χ2v) is 7.23. The van der Waals surface area contributed by atoms with Gasteiger partial charge >= 0.3 is 0 Å². The highest BCUT2D eigenvalue weighted by atomic mass is 32.2. The van der Waals surface area contributed by atoms with Crippen LogP contribution < -0.4 is 10.6 Å². The second kappa shape index (κ2) is 6.28. The van der Waals surface area contributed by atoms with Gasteiger partial charge in [0.1, 0.15) is 5.25 Å². The quantitative estimate of drug-likeness (QED) is 0.900. The molecule has 0 unspecified atom stereocenters. The van der Waals surface area contributed by atoms with E-state index in [9.17, 15) is 9.59 Å². The number of hydrogen-bond acceptors (Lipinski definition) is 4. The van der Waals surface area contributed by atoms with E-state index < -0.39 is 5.25 Å². The maximum Gasteiger partial charge on any atom is 0.240 e. The van der Waals surface area contributed by atoms with Crippen molar-refractivity contribution in [1.29, 1.82) is 0 Å². The summed E-state index contributed by atoms with van der Waals surface area (Å²) in [5, 5.41) is 8.01. The Hall–Kier alpha value is -2.34. The number of rotatable bonds is 4.